The molecular weight excluding hydrogens is 902 g/mol. The molecule has 0 spiro atoms. The van der Waals surface area contributed by atoms with Crippen LogP contribution in [-0.2, 0) is 31.9 Å². The Morgan fingerprint density at radius 1 is 0.644 bits per heavy atom. The average Bonchev–Trinajstić information content (AvgIpc) is 3.64. The number of pyridine rings is 1. The van der Waals surface area contributed by atoms with E-state index in [1.54, 1.807) is 30.5 Å². The second-order valence-electron chi connectivity index (χ2n) is 17.6. The SMILES string of the molecule is [2H]c1c([2H])c(C([2H])([2H])[2H])c([2H])c([2H])c1-c1ccnc(-c2[c-]c(-c3cccc4c3nc(-c3ccccc3O)n4-c3ccc(C(C)(C)C(C)(C)C)cc3-c3ccccc3)cc(C(C)(C)C)c2)c1.[Pt]. The summed E-state index contributed by atoms with van der Waals surface area (Å²) in [6, 6.07) is 39.3. The average molecular weight is 961 g/mol. The van der Waals surface area contributed by atoms with E-state index in [1.807, 2.05) is 54.6 Å². The number of rotatable bonds is 7. The number of imidazole rings is 1. The van der Waals surface area contributed by atoms with Crippen LogP contribution in [0.1, 0.15) is 81.7 Å². The summed E-state index contributed by atoms with van der Waals surface area (Å²) in [7, 11) is 0. The van der Waals surface area contributed by atoms with E-state index < -0.39 is 36.6 Å². The van der Waals surface area contributed by atoms with Crippen LogP contribution in [0.15, 0.2) is 146 Å². The smallest absolute Gasteiger partial charge is 0.148 e. The van der Waals surface area contributed by atoms with Crippen molar-refractivity contribution in [3.05, 3.63) is 168 Å². The first kappa shape index (κ1) is 33.3. The fourth-order valence-electron chi connectivity index (χ4n) is 7.28. The Labute approximate surface area is 374 Å². The van der Waals surface area contributed by atoms with Crippen molar-refractivity contribution in [1.29, 1.82) is 0 Å². The molecule has 8 rings (SSSR count). The Kier molecular flexibility index (Phi) is 8.96. The van der Waals surface area contributed by atoms with Gasteiger partial charge in [0.05, 0.1) is 27.8 Å². The van der Waals surface area contributed by atoms with Crippen molar-refractivity contribution in [2.24, 2.45) is 5.41 Å². The van der Waals surface area contributed by atoms with E-state index in [2.05, 4.69) is 102 Å². The number of benzene rings is 6. The summed E-state index contributed by atoms with van der Waals surface area (Å²) in [5.41, 5.74) is 9.09. The third-order valence-corrected chi connectivity index (χ3v) is 11.7. The Bertz CT molecular complexity index is 3120. The molecular formula is C54H52N3OPt-. The van der Waals surface area contributed by atoms with Crippen molar-refractivity contribution in [2.75, 3.05) is 0 Å². The van der Waals surface area contributed by atoms with E-state index >= 15 is 0 Å². The molecule has 8 aromatic rings. The van der Waals surface area contributed by atoms with Gasteiger partial charge >= 0.3 is 0 Å². The van der Waals surface area contributed by atoms with Gasteiger partial charge in [-0.3, -0.25) is 9.55 Å². The normalized spacial score (nSPS) is 14.0. The first-order valence-corrected chi connectivity index (χ1v) is 19.6. The van der Waals surface area contributed by atoms with Crippen molar-refractivity contribution in [1.82, 2.24) is 14.5 Å². The van der Waals surface area contributed by atoms with E-state index in [4.69, 9.17) is 19.6 Å². The second-order valence-corrected chi connectivity index (χ2v) is 17.6. The van der Waals surface area contributed by atoms with Crippen LogP contribution in [-0.4, -0.2) is 19.6 Å². The van der Waals surface area contributed by atoms with Crippen LogP contribution < -0.4 is 0 Å². The molecule has 0 unspecified atom stereocenters. The fraction of sp³-hybridized carbons (Fsp3) is 0.222. The monoisotopic (exact) mass is 960 g/mol. The molecule has 0 fully saturated rings. The molecule has 300 valence electrons. The molecule has 5 heteroatoms. The summed E-state index contributed by atoms with van der Waals surface area (Å²) in [6.45, 7) is 14.9. The minimum atomic E-state index is -2.82. The standard InChI is InChI=1S/C54H52N3O.Pt/c1-35-22-24-36(25-23-35)38-28-29-55-46(33-38)40-30-39(31-42(32-40)52(2,3)4)43-19-15-20-48-50(43)56-51(44-18-13-14-21-49(44)58)57(48)47-27-26-41(54(8,9)53(5,6)7)34-45(47)37-16-11-10-12-17-37;/h10-29,31-34,58H,1-9H3;/q-1;/i1D3,22D,23D,24D,25D;. The molecule has 2 heterocycles. The molecule has 0 amide bonds. The summed E-state index contributed by atoms with van der Waals surface area (Å²) in [5, 5.41) is 11.4. The van der Waals surface area contributed by atoms with Gasteiger partial charge in [0.25, 0.3) is 0 Å². The maximum Gasteiger partial charge on any atom is 0.148 e. The summed E-state index contributed by atoms with van der Waals surface area (Å²) in [5.74, 6) is 0.665. The zero-order chi connectivity index (χ0) is 47.0. The maximum atomic E-state index is 11.4. The zero-order valence-corrected chi connectivity index (χ0v) is 36.9. The van der Waals surface area contributed by atoms with E-state index in [0.717, 1.165) is 39.0 Å². The predicted octanol–water partition coefficient (Wildman–Crippen LogP) is 14.2. The van der Waals surface area contributed by atoms with Gasteiger partial charge in [-0.25, -0.2) is 4.98 Å². The first-order chi connectivity index (χ1) is 30.5. The van der Waals surface area contributed by atoms with Crippen molar-refractivity contribution < 1.29 is 35.8 Å². The van der Waals surface area contributed by atoms with E-state index in [9.17, 15) is 5.11 Å². The minimum Gasteiger partial charge on any atom is -0.507 e. The second kappa shape index (κ2) is 15.9. The molecule has 0 bridgehead atoms. The molecule has 0 saturated heterocycles. The number of para-hydroxylation sites is 2. The molecule has 59 heavy (non-hydrogen) atoms. The van der Waals surface area contributed by atoms with Gasteiger partial charge in [0, 0.05) is 42.6 Å². The quantitative estimate of drug-likeness (QED) is 0.162. The van der Waals surface area contributed by atoms with Gasteiger partial charge in [-0.05, 0) is 81.7 Å². The Morgan fingerprint density at radius 3 is 2.03 bits per heavy atom. The molecule has 4 nitrogen and oxygen atoms in total. The Balaban J connectivity index is 0.00000648. The molecule has 0 saturated carbocycles. The molecule has 0 atom stereocenters. The molecule has 1 N–H and O–H groups in total. The third kappa shape index (κ3) is 7.96. The van der Waals surface area contributed by atoms with Crippen LogP contribution in [0, 0.1) is 18.3 Å². The number of phenols is 1. The van der Waals surface area contributed by atoms with Gasteiger partial charge in [-0.1, -0.05) is 163 Å². The summed E-state index contributed by atoms with van der Waals surface area (Å²) in [6.07, 6.45) is 1.55. The molecule has 2 aromatic heterocycles. The van der Waals surface area contributed by atoms with E-state index in [-0.39, 0.29) is 48.6 Å². The minimum absolute atomic E-state index is 0. The van der Waals surface area contributed by atoms with Crippen LogP contribution in [0.3, 0.4) is 0 Å². The zero-order valence-electron chi connectivity index (χ0n) is 41.7. The van der Waals surface area contributed by atoms with E-state index in [1.165, 1.54) is 5.56 Å². The van der Waals surface area contributed by atoms with Gasteiger partial charge in [-0.15, -0.1) is 29.3 Å². The number of aromatic nitrogens is 3. The predicted molar refractivity (Wildman–Crippen MR) is 242 cm³/mol. The van der Waals surface area contributed by atoms with Gasteiger partial charge in [0.15, 0.2) is 0 Å². The van der Waals surface area contributed by atoms with Gasteiger partial charge in [-0.2, -0.15) is 0 Å². The van der Waals surface area contributed by atoms with E-state index in [0.29, 0.717) is 33.7 Å². The van der Waals surface area contributed by atoms with Gasteiger partial charge in [0.1, 0.15) is 11.6 Å². The number of phenolic OH excluding ortho intramolecular Hbond substituents is 1. The number of aromatic hydroxyl groups is 1. The summed E-state index contributed by atoms with van der Waals surface area (Å²) < 4.78 is 60.4. The van der Waals surface area contributed by atoms with Gasteiger partial charge in [0.2, 0.25) is 0 Å². The number of hydrogen-bond acceptors (Lipinski definition) is 3. The van der Waals surface area contributed by atoms with Crippen LogP contribution >= 0.6 is 0 Å². The molecule has 0 radical (unpaired) electrons. The molecule has 0 aliphatic heterocycles. The molecule has 0 aliphatic carbocycles. The number of hydrogen-bond donors (Lipinski definition) is 1. The van der Waals surface area contributed by atoms with Crippen molar-refractivity contribution >= 4 is 11.0 Å². The van der Waals surface area contributed by atoms with Crippen LogP contribution in [0.2, 0.25) is 0 Å². The van der Waals surface area contributed by atoms with Crippen molar-refractivity contribution in [2.45, 2.75) is 73.1 Å². The van der Waals surface area contributed by atoms with Crippen molar-refractivity contribution in [3.63, 3.8) is 0 Å². The Hall–Kier alpha value is -5.57. The first-order valence-electron chi connectivity index (χ1n) is 23.1. The number of fused-ring (bicyclic) bond motifs is 1. The third-order valence-electron chi connectivity index (χ3n) is 11.7. The number of nitrogens with zero attached hydrogens (tertiary/aromatic N) is 3. The molecule has 6 aromatic carbocycles. The Morgan fingerprint density at radius 2 is 1.34 bits per heavy atom. The molecule has 0 aliphatic rings. The van der Waals surface area contributed by atoms with Gasteiger partial charge < -0.3 is 5.11 Å². The maximum absolute atomic E-state index is 11.4. The summed E-state index contributed by atoms with van der Waals surface area (Å²) >= 11 is 0. The summed E-state index contributed by atoms with van der Waals surface area (Å²) in [4.78, 5) is 10.1. The van der Waals surface area contributed by atoms with Crippen LogP contribution in [0.5, 0.6) is 5.75 Å². The van der Waals surface area contributed by atoms with Crippen LogP contribution in [0.4, 0.5) is 0 Å². The van der Waals surface area contributed by atoms with Crippen molar-refractivity contribution in [3.8, 4) is 67.5 Å². The largest absolute Gasteiger partial charge is 0.507 e. The van der Waals surface area contributed by atoms with Crippen LogP contribution in [0.25, 0.3) is 72.7 Å². The topological polar surface area (TPSA) is 50.9 Å². The fourth-order valence-corrected chi connectivity index (χ4v) is 7.28.